The van der Waals surface area contributed by atoms with Crippen LogP contribution in [0.2, 0.25) is 0 Å². The molecule has 2 N–H and O–H groups in total. The first-order chi connectivity index (χ1) is 11.3. The Hall–Kier alpha value is -1.45. The molecule has 134 valence electrons. The van der Waals surface area contributed by atoms with Gasteiger partial charge in [-0.2, -0.15) is 5.26 Å². The van der Waals surface area contributed by atoms with Crippen molar-refractivity contribution in [2.45, 2.75) is 58.5 Å². The molecule has 1 aromatic carbocycles. The Morgan fingerprint density at radius 2 is 1.67 bits per heavy atom. The van der Waals surface area contributed by atoms with Gasteiger partial charge in [0.15, 0.2) is 12.1 Å². The number of nitriles is 1. The number of hydrogen-bond acceptors (Lipinski definition) is 5. The van der Waals surface area contributed by atoms with Crippen LogP contribution in [0.15, 0.2) is 24.3 Å². The van der Waals surface area contributed by atoms with E-state index in [4.69, 9.17) is 9.47 Å². The molecule has 0 aliphatic heterocycles. The normalized spacial score (nSPS) is 14.7. The highest BCUT2D eigenvalue weighted by atomic mass is 16.7. The van der Waals surface area contributed by atoms with E-state index in [9.17, 15) is 15.5 Å². The fourth-order valence-electron chi connectivity index (χ4n) is 3.21. The highest BCUT2D eigenvalue weighted by Crippen LogP contribution is 2.44. The minimum Gasteiger partial charge on any atom is -0.364 e. The number of rotatable bonds is 9. The van der Waals surface area contributed by atoms with Gasteiger partial charge in [0.2, 0.25) is 0 Å². The van der Waals surface area contributed by atoms with Crippen LogP contribution in [0.25, 0.3) is 0 Å². The Balaban J connectivity index is 3.39. The highest BCUT2D eigenvalue weighted by Gasteiger charge is 2.55. The maximum absolute atomic E-state index is 11.0. The summed E-state index contributed by atoms with van der Waals surface area (Å²) in [6, 6.07) is 9.49. The summed E-state index contributed by atoms with van der Waals surface area (Å²) in [7, 11) is 0. The van der Waals surface area contributed by atoms with Gasteiger partial charge in [0.25, 0.3) is 0 Å². The first-order valence-electron chi connectivity index (χ1n) is 8.42. The SMILES string of the molecule is CCOC(CC(O)(O)C(C#N)(c1ccccc1C)C(C)C)OCC. The predicted molar refractivity (Wildman–Crippen MR) is 92.1 cm³/mol. The molecule has 5 nitrogen and oxygen atoms in total. The van der Waals surface area contributed by atoms with Gasteiger partial charge >= 0.3 is 0 Å². The first-order valence-corrected chi connectivity index (χ1v) is 8.42. The number of benzene rings is 1. The Morgan fingerprint density at radius 3 is 2.08 bits per heavy atom. The summed E-state index contributed by atoms with van der Waals surface area (Å²) in [6.07, 6.45) is -1.00. The number of aliphatic hydroxyl groups is 2. The van der Waals surface area contributed by atoms with Crippen molar-refractivity contribution in [2.24, 2.45) is 5.92 Å². The van der Waals surface area contributed by atoms with E-state index in [0.717, 1.165) is 5.56 Å². The zero-order valence-electron chi connectivity index (χ0n) is 15.2. The molecule has 0 saturated carbocycles. The van der Waals surface area contributed by atoms with Crippen LogP contribution >= 0.6 is 0 Å². The van der Waals surface area contributed by atoms with Crippen LogP contribution in [-0.2, 0) is 14.9 Å². The Kier molecular flexibility index (Phi) is 7.37. The highest BCUT2D eigenvalue weighted by molar-refractivity contribution is 5.42. The molecule has 0 bridgehead atoms. The van der Waals surface area contributed by atoms with Crippen LogP contribution < -0.4 is 0 Å². The lowest BCUT2D eigenvalue weighted by Crippen LogP contribution is -2.56. The lowest BCUT2D eigenvalue weighted by Gasteiger charge is -2.43. The van der Waals surface area contributed by atoms with Crippen LogP contribution in [0.4, 0.5) is 0 Å². The molecule has 0 radical (unpaired) electrons. The molecular weight excluding hydrogens is 306 g/mol. The topological polar surface area (TPSA) is 82.7 Å². The van der Waals surface area contributed by atoms with E-state index in [1.54, 1.807) is 12.1 Å². The van der Waals surface area contributed by atoms with Crippen molar-refractivity contribution < 1.29 is 19.7 Å². The van der Waals surface area contributed by atoms with Crippen molar-refractivity contribution in [1.29, 1.82) is 5.26 Å². The third kappa shape index (κ3) is 3.96. The average molecular weight is 335 g/mol. The molecule has 0 saturated heterocycles. The maximum atomic E-state index is 11.0. The third-order valence-electron chi connectivity index (χ3n) is 4.40. The molecule has 0 spiro atoms. The van der Waals surface area contributed by atoms with Crippen molar-refractivity contribution >= 4 is 0 Å². The molecule has 24 heavy (non-hydrogen) atoms. The summed E-state index contributed by atoms with van der Waals surface area (Å²) >= 11 is 0. The lowest BCUT2D eigenvalue weighted by atomic mass is 9.64. The summed E-state index contributed by atoms with van der Waals surface area (Å²) < 4.78 is 10.9. The van der Waals surface area contributed by atoms with E-state index in [0.29, 0.717) is 18.8 Å². The first kappa shape index (κ1) is 20.6. The van der Waals surface area contributed by atoms with Gasteiger partial charge in [-0.15, -0.1) is 0 Å². The van der Waals surface area contributed by atoms with Crippen molar-refractivity contribution in [3.8, 4) is 6.07 Å². The van der Waals surface area contributed by atoms with Crippen LogP contribution in [0.3, 0.4) is 0 Å². The molecule has 0 aliphatic rings. The molecule has 5 heteroatoms. The lowest BCUT2D eigenvalue weighted by molar-refractivity contribution is -0.260. The van der Waals surface area contributed by atoms with Gasteiger partial charge in [-0.05, 0) is 37.8 Å². The third-order valence-corrected chi connectivity index (χ3v) is 4.40. The monoisotopic (exact) mass is 335 g/mol. The van der Waals surface area contributed by atoms with E-state index in [1.165, 1.54) is 0 Å². The number of aryl methyl sites for hydroxylation is 1. The van der Waals surface area contributed by atoms with Gasteiger partial charge in [0.1, 0.15) is 5.41 Å². The van der Waals surface area contributed by atoms with Crippen LogP contribution in [0.5, 0.6) is 0 Å². The van der Waals surface area contributed by atoms with Crippen molar-refractivity contribution in [2.75, 3.05) is 13.2 Å². The van der Waals surface area contributed by atoms with Gasteiger partial charge in [0, 0.05) is 13.2 Å². The van der Waals surface area contributed by atoms with Gasteiger partial charge in [0.05, 0.1) is 12.5 Å². The van der Waals surface area contributed by atoms with Gasteiger partial charge < -0.3 is 19.7 Å². The standard InChI is InChI=1S/C19H29NO4/c1-6-23-17(24-7-2)12-19(21,22)18(13-20,14(3)4)16-11-9-8-10-15(16)5/h8-11,14,17,21-22H,6-7,12H2,1-5H3. The molecule has 0 fully saturated rings. The van der Waals surface area contributed by atoms with Gasteiger partial charge in [-0.25, -0.2) is 0 Å². The second kappa shape index (κ2) is 8.59. The fraction of sp³-hybridized carbons (Fsp3) is 0.632. The Morgan fingerprint density at radius 1 is 1.12 bits per heavy atom. The fourth-order valence-corrected chi connectivity index (χ4v) is 3.21. The molecule has 1 aromatic rings. The molecule has 0 aromatic heterocycles. The molecule has 1 rings (SSSR count). The number of ether oxygens (including phenoxy) is 2. The molecular formula is C19H29NO4. The molecule has 0 heterocycles. The minimum absolute atomic E-state index is 0.214. The van der Waals surface area contributed by atoms with Crippen LogP contribution in [0, 0.1) is 24.2 Å². The quantitative estimate of drug-likeness (QED) is 0.678. The van der Waals surface area contributed by atoms with Gasteiger partial charge in [-0.3, -0.25) is 0 Å². The van der Waals surface area contributed by atoms with E-state index in [1.807, 2.05) is 46.8 Å². The predicted octanol–water partition coefficient (Wildman–Crippen LogP) is 2.88. The van der Waals surface area contributed by atoms with Crippen molar-refractivity contribution in [3.63, 3.8) is 0 Å². The number of nitrogens with zero attached hydrogens (tertiary/aromatic N) is 1. The van der Waals surface area contributed by atoms with Crippen LogP contribution in [0.1, 0.15) is 45.2 Å². The largest absolute Gasteiger partial charge is 0.364 e. The summed E-state index contributed by atoms with van der Waals surface area (Å²) in [5, 5.41) is 31.9. The number of hydrogen-bond donors (Lipinski definition) is 2. The second-order valence-electron chi connectivity index (χ2n) is 6.25. The van der Waals surface area contributed by atoms with Crippen molar-refractivity contribution in [3.05, 3.63) is 35.4 Å². The van der Waals surface area contributed by atoms with Crippen molar-refractivity contribution in [1.82, 2.24) is 0 Å². The Labute approximate surface area is 144 Å². The average Bonchev–Trinajstić information content (AvgIpc) is 2.49. The maximum Gasteiger partial charge on any atom is 0.191 e. The van der Waals surface area contributed by atoms with E-state index < -0.39 is 17.5 Å². The second-order valence-corrected chi connectivity index (χ2v) is 6.25. The molecule has 0 aliphatic carbocycles. The summed E-state index contributed by atoms with van der Waals surface area (Å²) in [5.41, 5.74) is -0.0472. The van der Waals surface area contributed by atoms with E-state index in [2.05, 4.69) is 6.07 Å². The molecule has 1 atom stereocenters. The van der Waals surface area contributed by atoms with E-state index >= 15 is 0 Å². The van der Waals surface area contributed by atoms with E-state index in [-0.39, 0.29) is 12.3 Å². The summed E-state index contributed by atoms with van der Waals surface area (Å²) in [4.78, 5) is 0. The van der Waals surface area contributed by atoms with Gasteiger partial charge in [-0.1, -0.05) is 38.1 Å². The minimum atomic E-state index is -2.31. The molecule has 0 amide bonds. The zero-order chi connectivity index (χ0) is 18.4. The molecule has 1 unspecified atom stereocenters. The Bertz CT molecular complexity index is 559. The zero-order valence-corrected chi connectivity index (χ0v) is 15.2. The smallest absolute Gasteiger partial charge is 0.191 e. The van der Waals surface area contributed by atoms with Crippen LogP contribution in [-0.4, -0.2) is 35.5 Å². The summed E-state index contributed by atoms with van der Waals surface area (Å²) in [6.45, 7) is 9.87. The summed E-state index contributed by atoms with van der Waals surface area (Å²) in [5.74, 6) is -2.64.